The zero-order valence-corrected chi connectivity index (χ0v) is 11.8. The van der Waals surface area contributed by atoms with Gasteiger partial charge in [0, 0.05) is 5.56 Å². The largest absolute Gasteiger partial charge is 0.497 e. The lowest BCUT2D eigenvalue weighted by molar-refractivity contribution is -0.137. The van der Waals surface area contributed by atoms with Crippen LogP contribution in [0.25, 0.3) is 20.8 Å². The Kier molecular flexibility index (Phi) is 3.33. The van der Waals surface area contributed by atoms with Crippen LogP contribution in [0.1, 0.15) is 5.56 Å². The Bertz CT molecular complexity index is 778. The Hall–Kier alpha value is -2.08. The number of benzene rings is 2. The molecule has 0 aliphatic carbocycles. The van der Waals surface area contributed by atoms with E-state index in [0.717, 1.165) is 28.1 Å². The maximum Gasteiger partial charge on any atom is 0.416 e. The number of nitrogens with zero attached hydrogens (tertiary/aromatic N) is 1. The van der Waals surface area contributed by atoms with E-state index in [1.165, 1.54) is 23.5 Å². The average molecular weight is 309 g/mol. The van der Waals surface area contributed by atoms with Gasteiger partial charge in [-0.2, -0.15) is 13.2 Å². The molecule has 21 heavy (non-hydrogen) atoms. The molecule has 108 valence electrons. The van der Waals surface area contributed by atoms with Crippen LogP contribution in [0.3, 0.4) is 0 Å². The Morgan fingerprint density at radius 2 is 1.76 bits per heavy atom. The fraction of sp³-hybridized carbons (Fsp3) is 0.133. The van der Waals surface area contributed by atoms with Crippen molar-refractivity contribution in [1.82, 2.24) is 4.98 Å². The lowest BCUT2D eigenvalue weighted by Gasteiger charge is -2.06. The molecule has 0 aliphatic rings. The minimum Gasteiger partial charge on any atom is -0.497 e. The summed E-state index contributed by atoms with van der Waals surface area (Å²) < 4.78 is 43.7. The highest BCUT2D eigenvalue weighted by Crippen LogP contribution is 2.34. The average Bonchev–Trinajstić information content (AvgIpc) is 2.89. The molecular weight excluding hydrogens is 299 g/mol. The number of aromatic nitrogens is 1. The number of hydrogen-bond acceptors (Lipinski definition) is 3. The zero-order valence-electron chi connectivity index (χ0n) is 10.9. The fourth-order valence-corrected chi connectivity index (χ4v) is 2.96. The Labute approximate surface area is 122 Å². The summed E-state index contributed by atoms with van der Waals surface area (Å²) >= 11 is 1.42. The highest BCUT2D eigenvalue weighted by Gasteiger charge is 2.30. The smallest absolute Gasteiger partial charge is 0.416 e. The number of ether oxygens (including phenoxy) is 1. The molecule has 0 N–H and O–H groups in total. The molecule has 3 aromatic rings. The molecule has 0 spiro atoms. The van der Waals surface area contributed by atoms with Crippen LogP contribution in [0, 0.1) is 0 Å². The van der Waals surface area contributed by atoms with Crippen LogP contribution < -0.4 is 4.74 Å². The molecule has 0 unspecified atom stereocenters. The minimum absolute atomic E-state index is 0.658. The molecule has 2 nitrogen and oxygen atoms in total. The maximum absolute atomic E-state index is 12.5. The first-order valence-corrected chi connectivity index (χ1v) is 6.91. The van der Waals surface area contributed by atoms with Crippen LogP contribution in [-0.2, 0) is 6.18 Å². The summed E-state index contributed by atoms with van der Waals surface area (Å²) in [5.74, 6) is 0.727. The normalized spacial score (nSPS) is 11.8. The Balaban J connectivity index is 2.00. The van der Waals surface area contributed by atoms with E-state index >= 15 is 0 Å². The molecule has 0 saturated heterocycles. The van der Waals surface area contributed by atoms with Gasteiger partial charge in [-0.3, -0.25) is 0 Å². The summed E-state index contributed by atoms with van der Waals surface area (Å²) in [6, 6.07) is 10.5. The van der Waals surface area contributed by atoms with Gasteiger partial charge in [0.05, 0.1) is 22.9 Å². The quantitative estimate of drug-likeness (QED) is 0.665. The summed E-state index contributed by atoms with van der Waals surface area (Å²) in [5.41, 5.74) is 0.813. The Morgan fingerprint density at radius 3 is 2.38 bits per heavy atom. The second kappa shape index (κ2) is 5.04. The second-order valence-corrected chi connectivity index (χ2v) is 5.46. The van der Waals surface area contributed by atoms with Crippen LogP contribution >= 0.6 is 11.3 Å². The SMILES string of the molecule is COc1ccc2nc(-c3ccc(C(F)(F)F)cc3)sc2c1. The highest BCUT2D eigenvalue weighted by atomic mass is 32.1. The standard InChI is InChI=1S/C15H10F3NOS/c1-20-11-6-7-12-13(8-11)21-14(19-12)9-2-4-10(5-3-9)15(16,17)18/h2-8H,1H3. The van der Waals surface area contributed by atoms with Gasteiger partial charge in [0.25, 0.3) is 0 Å². The first kappa shape index (κ1) is 13.9. The van der Waals surface area contributed by atoms with E-state index in [2.05, 4.69) is 4.98 Å². The molecule has 2 aromatic carbocycles. The van der Waals surface area contributed by atoms with E-state index in [4.69, 9.17) is 4.74 Å². The molecule has 0 fully saturated rings. The van der Waals surface area contributed by atoms with Gasteiger partial charge in [-0.25, -0.2) is 4.98 Å². The maximum atomic E-state index is 12.5. The molecule has 0 atom stereocenters. The van der Waals surface area contributed by atoms with Crippen molar-refractivity contribution in [3.05, 3.63) is 48.0 Å². The number of rotatable bonds is 2. The van der Waals surface area contributed by atoms with Crippen molar-refractivity contribution >= 4 is 21.6 Å². The molecule has 1 heterocycles. The van der Waals surface area contributed by atoms with Crippen molar-refractivity contribution < 1.29 is 17.9 Å². The third kappa shape index (κ3) is 2.71. The summed E-state index contributed by atoms with van der Waals surface area (Å²) in [4.78, 5) is 4.43. The number of thiazole rings is 1. The van der Waals surface area contributed by atoms with Crippen molar-refractivity contribution in [1.29, 1.82) is 0 Å². The van der Waals surface area contributed by atoms with E-state index in [9.17, 15) is 13.2 Å². The summed E-state index contributed by atoms with van der Waals surface area (Å²) in [7, 11) is 1.58. The van der Waals surface area contributed by atoms with Crippen molar-refractivity contribution in [2.24, 2.45) is 0 Å². The van der Waals surface area contributed by atoms with E-state index < -0.39 is 11.7 Å². The van der Waals surface area contributed by atoms with Gasteiger partial charge in [0.1, 0.15) is 10.8 Å². The third-order valence-corrected chi connectivity index (χ3v) is 4.12. The second-order valence-electron chi connectivity index (χ2n) is 4.43. The van der Waals surface area contributed by atoms with Crippen LogP contribution in [0.15, 0.2) is 42.5 Å². The molecule has 0 aliphatic heterocycles. The van der Waals surface area contributed by atoms with Crippen LogP contribution in [0.5, 0.6) is 5.75 Å². The predicted molar refractivity (Wildman–Crippen MR) is 76.6 cm³/mol. The molecule has 1 aromatic heterocycles. The lowest BCUT2D eigenvalue weighted by atomic mass is 10.1. The molecule has 0 radical (unpaired) electrons. The summed E-state index contributed by atoms with van der Waals surface area (Å²) in [6.07, 6.45) is -4.32. The van der Waals surface area contributed by atoms with Crippen LogP contribution in [-0.4, -0.2) is 12.1 Å². The van der Waals surface area contributed by atoms with E-state index in [1.54, 1.807) is 13.2 Å². The summed E-state index contributed by atoms with van der Waals surface area (Å²) in [5, 5.41) is 0.687. The summed E-state index contributed by atoms with van der Waals surface area (Å²) in [6.45, 7) is 0. The van der Waals surface area contributed by atoms with E-state index in [1.807, 2.05) is 12.1 Å². The van der Waals surface area contributed by atoms with Gasteiger partial charge in [-0.1, -0.05) is 12.1 Å². The van der Waals surface area contributed by atoms with Gasteiger partial charge in [0.2, 0.25) is 0 Å². The van der Waals surface area contributed by atoms with E-state index in [0.29, 0.717) is 10.6 Å². The molecule has 0 saturated carbocycles. The first-order valence-electron chi connectivity index (χ1n) is 6.09. The predicted octanol–water partition coefficient (Wildman–Crippen LogP) is 4.99. The van der Waals surface area contributed by atoms with Gasteiger partial charge in [-0.05, 0) is 30.3 Å². The molecular formula is C15H10F3NOS. The number of alkyl halides is 3. The van der Waals surface area contributed by atoms with Crippen molar-refractivity contribution in [2.75, 3.05) is 7.11 Å². The minimum atomic E-state index is -4.32. The number of methoxy groups -OCH3 is 1. The molecule has 3 rings (SSSR count). The highest BCUT2D eigenvalue weighted by molar-refractivity contribution is 7.21. The van der Waals surface area contributed by atoms with Crippen LogP contribution in [0.4, 0.5) is 13.2 Å². The molecule has 0 bridgehead atoms. The molecule has 6 heteroatoms. The number of hydrogen-bond donors (Lipinski definition) is 0. The lowest BCUT2D eigenvalue weighted by Crippen LogP contribution is -2.03. The van der Waals surface area contributed by atoms with Gasteiger partial charge < -0.3 is 4.74 Å². The van der Waals surface area contributed by atoms with Crippen molar-refractivity contribution in [3.63, 3.8) is 0 Å². The first-order chi connectivity index (χ1) is 9.97. The fourth-order valence-electron chi connectivity index (χ4n) is 1.96. The van der Waals surface area contributed by atoms with Gasteiger partial charge >= 0.3 is 6.18 Å². The van der Waals surface area contributed by atoms with E-state index in [-0.39, 0.29) is 0 Å². The third-order valence-electron chi connectivity index (χ3n) is 3.05. The van der Waals surface area contributed by atoms with Crippen LogP contribution in [0.2, 0.25) is 0 Å². The molecule has 0 amide bonds. The zero-order chi connectivity index (χ0) is 15.0. The van der Waals surface area contributed by atoms with Crippen molar-refractivity contribution in [3.8, 4) is 16.3 Å². The van der Waals surface area contributed by atoms with Gasteiger partial charge in [-0.15, -0.1) is 11.3 Å². The topological polar surface area (TPSA) is 22.1 Å². The van der Waals surface area contributed by atoms with Gasteiger partial charge in [0.15, 0.2) is 0 Å². The Morgan fingerprint density at radius 1 is 1.05 bits per heavy atom. The number of halogens is 3. The monoisotopic (exact) mass is 309 g/mol. The number of fused-ring (bicyclic) bond motifs is 1. The van der Waals surface area contributed by atoms with Crippen molar-refractivity contribution in [2.45, 2.75) is 6.18 Å².